The Morgan fingerprint density at radius 2 is 1.88 bits per heavy atom. The molecule has 82 valence electrons. The maximum absolute atomic E-state index is 4.21. The summed E-state index contributed by atoms with van der Waals surface area (Å²) in [5, 5.41) is 0. The highest BCUT2D eigenvalue weighted by atomic mass is 14.1. The van der Waals surface area contributed by atoms with E-state index < -0.39 is 0 Å². The van der Waals surface area contributed by atoms with Gasteiger partial charge in [0.2, 0.25) is 0 Å². The zero-order chi connectivity index (χ0) is 11.4. The Bertz CT molecular complexity index is 454. The van der Waals surface area contributed by atoms with Gasteiger partial charge >= 0.3 is 0 Å². The van der Waals surface area contributed by atoms with Gasteiger partial charge in [0, 0.05) is 0 Å². The van der Waals surface area contributed by atoms with Crippen molar-refractivity contribution in [2.24, 2.45) is 0 Å². The first-order valence-corrected chi connectivity index (χ1v) is 5.99. The van der Waals surface area contributed by atoms with Crippen LogP contribution < -0.4 is 0 Å². The molecule has 0 nitrogen and oxygen atoms in total. The fraction of sp³-hybridized carbons (Fsp3) is 0.250. The Kier molecular flexibility index (Phi) is 3.40. The molecule has 0 heterocycles. The topological polar surface area (TPSA) is 0 Å². The number of unbranched alkanes of at least 4 members (excludes halogenated alkanes) is 1. The van der Waals surface area contributed by atoms with Crippen LogP contribution in [0.15, 0.2) is 49.0 Å². The van der Waals surface area contributed by atoms with Crippen LogP contribution in [-0.2, 0) is 0 Å². The number of rotatable bonds is 4. The van der Waals surface area contributed by atoms with E-state index in [1.54, 1.807) is 0 Å². The molecule has 0 saturated heterocycles. The zero-order valence-corrected chi connectivity index (χ0v) is 9.87. The van der Waals surface area contributed by atoms with Crippen LogP contribution >= 0.6 is 0 Å². The van der Waals surface area contributed by atoms with Crippen LogP contribution in [0.2, 0.25) is 0 Å². The van der Waals surface area contributed by atoms with E-state index in [1.165, 1.54) is 35.1 Å². The fourth-order valence-corrected chi connectivity index (χ4v) is 2.05. The van der Waals surface area contributed by atoms with Crippen molar-refractivity contribution in [3.05, 3.63) is 54.6 Å². The molecule has 0 saturated carbocycles. The van der Waals surface area contributed by atoms with E-state index in [4.69, 9.17) is 0 Å². The minimum Gasteiger partial charge on any atom is -0.0952 e. The Hall–Kier alpha value is -1.56. The monoisotopic (exact) mass is 210 g/mol. The lowest BCUT2D eigenvalue weighted by Crippen LogP contribution is -1.82. The summed E-state index contributed by atoms with van der Waals surface area (Å²) in [6, 6.07) is 15.0. The van der Waals surface area contributed by atoms with E-state index in [2.05, 4.69) is 56.0 Å². The molecule has 0 bridgehead atoms. The lowest BCUT2D eigenvalue weighted by molar-refractivity contribution is 0.825. The lowest BCUT2D eigenvalue weighted by atomic mass is 10.00. The third-order valence-corrected chi connectivity index (χ3v) is 3.00. The molecular weight excluding hydrogens is 192 g/mol. The Morgan fingerprint density at radius 3 is 2.69 bits per heavy atom. The summed E-state index contributed by atoms with van der Waals surface area (Å²) >= 11 is 0. The number of hydrogen-bond acceptors (Lipinski definition) is 0. The Labute approximate surface area is 98.0 Å². The van der Waals surface area contributed by atoms with Gasteiger partial charge in [-0.2, -0.15) is 0 Å². The second kappa shape index (κ2) is 4.98. The van der Waals surface area contributed by atoms with Crippen molar-refractivity contribution in [1.82, 2.24) is 0 Å². The molecule has 2 aliphatic rings. The Morgan fingerprint density at radius 1 is 1.06 bits per heavy atom. The maximum Gasteiger partial charge on any atom is -0.0109 e. The van der Waals surface area contributed by atoms with Crippen LogP contribution in [-0.4, -0.2) is 0 Å². The van der Waals surface area contributed by atoms with E-state index in [0.717, 1.165) is 6.42 Å². The van der Waals surface area contributed by atoms with Gasteiger partial charge < -0.3 is 0 Å². The number of hydrogen-bond donors (Lipinski definition) is 0. The third kappa shape index (κ3) is 2.16. The number of fused-ring (bicyclic) bond motifs is 1. The highest BCUT2D eigenvalue weighted by Gasteiger charge is 2.09. The molecule has 0 fully saturated rings. The standard InChI is InChI=1S/C16H18/c1-3-4-8-13(2)15-12-11-14-9-6-5-7-10-16(14)15/h5-7,9-12H,2-4,8H2,1H3. The molecule has 0 atom stereocenters. The van der Waals surface area contributed by atoms with Gasteiger partial charge in [0.15, 0.2) is 0 Å². The number of allylic oxidation sites excluding steroid dienone is 1. The molecule has 0 aliphatic heterocycles. The van der Waals surface area contributed by atoms with Crippen LogP contribution in [0, 0.1) is 0 Å². The molecule has 0 amide bonds. The summed E-state index contributed by atoms with van der Waals surface area (Å²) in [6.45, 7) is 6.42. The van der Waals surface area contributed by atoms with E-state index in [9.17, 15) is 0 Å². The van der Waals surface area contributed by atoms with Crippen molar-refractivity contribution in [2.75, 3.05) is 0 Å². The average Bonchev–Trinajstić information content (AvgIpc) is 2.55. The van der Waals surface area contributed by atoms with Gasteiger partial charge in [0.05, 0.1) is 0 Å². The maximum atomic E-state index is 4.21. The average molecular weight is 210 g/mol. The highest BCUT2D eigenvalue weighted by Crippen LogP contribution is 2.33. The van der Waals surface area contributed by atoms with Crippen molar-refractivity contribution in [3.8, 4) is 11.1 Å². The van der Waals surface area contributed by atoms with Crippen LogP contribution in [0.25, 0.3) is 16.7 Å². The van der Waals surface area contributed by atoms with Crippen molar-refractivity contribution < 1.29 is 0 Å². The van der Waals surface area contributed by atoms with Crippen LogP contribution in [0.4, 0.5) is 0 Å². The largest absolute Gasteiger partial charge is 0.0952 e. The lowest BCUT2D eigenvalue weighted by Gasteiger charge is -2.05. The van der Waals surface area contributed by atoms with E-state index >= 15 is 0 Å². The minimum absolute atomic E-state index is 1.11. The summed E-state index contributed by atoms with van der Waals surface area (Å²) in [7, 11) is 0. The summed E-state index contributed by atoms with van der Waals surface area (Å²) in [4.78, 5) is 0. The zero-order valence-electron chi connectivity index (χ0n) is 9.87. The third-order valence-electron chi connectivity index (χ3n) is 3.00. The van der Waals surface area contributed by atoms with Crippen molar-refractivity contribution >= 4 is 5.57 Å². The summed E-state index contributed by atoms with van der Waals surface area (Å²) in [6.07, 6.45) is 3.56. The molecule has 0 aromatic carbocycles. The molecule has 0 unspecified atom stereocenters. The van der Waals surface area contributed by atoms with Gasteiger partial charge in [-0.15, -0.1) is 0 Å². The smallest absolute Gasteiger partial charge is 0.0109 e. The molecule has 0 spiro atoms. The predicted octanol–water partition coefficient (Wildman–Crippen LogP) is 4.99. The van der Waals surface area contributed by atoms with Crippen LogP contribution in [0.3, 0.4) is 0 Å². The van der Waals surface area contributed by atoms with Crippen molar-refractivity contribution in [2.45, 2.75) is 26.2 Å². The summed E-state index contributed by atoms with van der Waals surface area (Å²) in [5.41, 5.74) is 5.21. The highest BCUT2D eigenvalue weighted by molar-refractivity contribution is 5.83. The minimum atomic E-state index is 1.11. The molecule has 0 radical (unpaired) electrons. The van der Waals surface area contributed by atoms with Crippen molar-refractivity contribution in [1.29, 1.82) is 0 Å². The van der Waals surface area contributed by atoms with E-state index in [0.29, 0.717) is 0 Å². The summed E-state index contributed by atoms with van der Waals surface area (Å²) in [5.74, 6) is 0. The fourth-order valence-electron chi connectivity index (χ4n) is 2.05. The van der Waals surface area contributed by atoms with E-state index in [1.807, 2.05) is 0 Å². The molecular formula is C16H18. The Balaban J connectivity index is 2.31. The molecule has 16 heavy (non-hydrogen) atoms. The predicted molar refractivity (Wildman–Crippen MR) is 71.6 cm³/mol. The first kappa shape index (κ1) is 10.9. The normalized spacial score (nSPS) is 10.6. The second-order valence-corrected chi connectivity index (χ2v) is 4.23. The van der Waals surface area contributed by atoms with Crippen LogP contribution in [0.5, 0.6) is 0 Å². The van der Waals surface area contributed by atoms with Gasteiger partial charge in [0.25, 0.3) is 0 Å². The molecule has 0 heteroatoms. The second-order valence-electron chi connectivity index (χ2n) is 4.23. The molecule has 2 aliphatic carbocycles. The molecule has 0 N–H and O–H groups in total. The molecule has 2 rings (SSSR count). The quantitative estimate of drug-likeness (QED) is 0.666. The van der Waals surface area contributed by atoms with E-state index in [-0.39, 0.29) is 0 Å². The van der Waals surface area contributed by atoms with Gasteiger partial charge in [-0.3, -0.25) is 0 Å². The van der Waals surface area contributed by atoms with Gasteiger partial charge in [-0.05, 0) is 35.1 Å². The molecule has 0 aromatic heterocycles. The summed E-state index contributed by atoms with van der Waals surface area (Å²) < 4.78 is 0. The van der Waals surface area contributed by atoms with Crippen LogP contribution in [0.1, 0.15) is 31.7 Å². The van der Waals surface area contributed by atoms with Gasteiger partial charge in [-0.25, -0.2) is 0 Å². The SMILES string of the molecule is C=C(CCCC)c1ccc2cccccc1-2. The first-order chi connectivity index (χ1) is 7.83. The first-order valence-electron chi connectivity index (χ1n) is 5.99. The van der Waals surface area contributed by atoms with Crippen molar-refractivity contribution in [3.63, 3.8) is 0 Å². The van der Waals surface area contributed by atoms with Gasteiger partial charge in [0.1, 0.15) is 0 Å². The molecule has 0 aromatic rings. The van der Waals surface area contributed by atoms with Gasteiger partial charge in [-0.1, -0.05) is 62.4 Å².